The Morgan fingerprint density at radius 2 is 2.14 bits per heavy atom. The Bertz CT molecular complexity index is 442. The summed E-state index contributed by atoms with van der Waals surface area (Å²) in [6.07, 6.45) is 0.436. The van der Waals surface area contributed by atoms with Gasteiger partial charge in [-0.2, -0.15) is 4.98 Å². The van der Waals surface area contributed by atoms with Crippen molar-refractivity contribution in [3.8, 4) is 5.75 Å². The van der Waals surface area contributed by atoms with Crippen molar-refractivity contribution in [2.75, 3.05) is 0 Å². The minimum absolute atomic E-state index is 0.238. The Balaban J connectivity index is 2.23. The van der Waals surface area contributed by atoms with E-state index in [1.165, 1.54) is 0 Å². The smallest absolute Gasteiger partial charge is 0.238 e. The number of rotatable bonds is 2. The van der Waals surface area contributed by atoms with Crippen molar-refractivity contribution in [2.24, 2.45) is 0 Å². The number of aromatic hydroxyl groups is 1. The number of phenolic OH excluding ortho intramolecular Hbond substituents is 1. The van der Waals surface area contributed by atoms with Gasteiger partial charge in [0.05, 0.1) is 6.42 Å². The van der Waals surface area contributed by atoms with Gasteiger partial charge in [0.2, 0.25) is 10.6 Å². The second-order valence-electron chi connectivity index (χ2n) is 2.76. The molecule has 0 saturated heterocycles. The van der Waals surface area contributed by atoms with E-state index in [2.05, 4.69) is 26.1 Å². The summed E-state index contributed by atoms with van der Waals surface area (Å²) in [6, 6.07) is 7.05. The van der Waals surface area contributed by atoms with Crippen LogP contribution < -0.4 is 0 Å². The van der Waals surface area contributed by atoms with Crippen molar-refractivity contribution >= 4 is 15.9 Å². The molecule has 1 heterocycles. The lowest BCUT2D eigenvalue weighted by atomic mass is 10.1. The van der Waals surface area contributed by atoms with Crippen LogP contribution in [0.4, 0.5) is 0 Å². The lowest BCUT2D eigenvalue weighted by Gasteiger charge is -1.99. The first-order valence-electron chi connectivity index (χ1n) is 4.00. The number of phenols is 1. The number of hydrogen-bond acceptors (Lipinski definition) is 4. The first-order valence-corrected chi connectivity index (χ1v) is 4.80. The van der Waals surface area contributed by atoms with E-state index in [1.54, 1.807) is 12.1 Å². The average molecular weight is 255 g/mol. The standard InChI is InChI=1S/C9H7BrN2O2/c10-9-11-8(14-12-9)5-6-3-1-2-4-7(6)13/h1-4,13H,5H2. The van der Waals surface area contributed by atoms with Gasteiger partial charge in [0.25, 0.3) is 0 Å². The quantitative estimate of drug-likeness (QED) is 0.892. The molecule has 14 heavy (non-hydrogen) atoms. The van der Waals surface area contributed by atoms with Gasteiger partial charge >= 0.3 is 0 Å². The van der Waals surface area contributed by atoms with E-state index in [-0.39, 0.29) is 5.75 Å². The summed E-state index contributed by atoms with van der Waals surface area (Å²) in [5, 5.41) is 13.1. The molecule has 0 unspecified atom stereocenters. The summed E-state index contributed by atoms with van der Waals surface area (Å²) in [7, 11) is 0. The van der Waals surface area contributed by atoms with Crippen LogP contribution in [0.25, 0.3) is 0 Å². The molecule has 1 aromatic heterocycles. The third-order valence-corrected chi connectivity index (χ3v) is 2.10. The maximum absolute atomic E-state index is 9.48. The lowest BCUT2D eigenvalue weighted by molar-refractivity contribution is 0.379. The van der Waals surface area contributed by atoms with Crippen LogP contribution in [0.5, 0.6) is 5.75 Å². The van der Waals surface area contributed by atoms with Gasteiger partial charge in [-0.3, -0.25) is 0 Å². The van der Waals surface area contributed by atoms with E-state index in [0.29, 0.717) is 17.0 Å². The molecule has 72 valence electrons. The molecule has 0 aliphatic rings. The Labute approximate surface area is 88.7 Å². The van der Waals surface area contributed by atoms with Crippen LogP contribution in [0.2, 0.25) is 0 Å². The van der Waals surface area contributed by atoms with Gasteiger partial charge in [0, 0.05) is 5.56 Å². The highest BCUT2D eigenvalue weighted by molar-refractivity contribution is 9.10. The van der Waals surface area contributed by atoms with Crippen molar-refractivity contribution in [1.82, 2.24) is 10.1 Å². The summed E-state index contributed by atoms with van der Waals surface area (Å²) in [4.78, 5) is 3.97. The van der Waals surface area contributed by atoms with Crippen LogP contribution in [0.1, 0.15) is 11.5 Å². The first kappa shape index (κ1) is 9.21. The maximum atomic E-state index is 9.48. The number of benzene rings is 1. The van der Waals surface area contributed by atoms with Gasteiger partial charge in [-0.05, 0) is 27.2 Å². The number of para-hydroxylation sites is 1. The minimum Gasteiger partial charge on any atom is -0.508 e. The van der Waals surface area contributed by atoms with Crippen LogP contribution in [-0.2, 0) is 6.42 Å². The largest absolute Gasteiger partial charge is 0.508 e. The van der Waals surface area contributed by atoms with Gasteiger partial charge in [-0.1, -0.05) is 18.2 Å². The minimum atomic E-state index is 0.238. The molecule has 0 fully saturated rings. The molecule has 0 spiro atoms. The maximum Gasteiger partial charge on any atom is 0.238 e. The molecular formula is C9H7BrN2O2. The van der Waals surface area contributed by atoms with E-state index < -0.39 is 0 Å². The topological polar surface area (TPSA) is 59.2 Å². The van der Waals surface area contributed by atoms with E-state index in [4.69, 9.17) is 4.52 Å². The third-order valence-electron chi connectivity index (χ3n) is 1.78. The molecule has 1 aromatic carbocycles. The molecule has 0 atom stereocenters. The number of halogens is 1. The van der Waals surface area contributed by atoms with E-state index in [1.807, 2.05) is 12.1 Å². The van der Waals surface area contributed by atoms with Gasteiger partial charge in [0.15, 0.2) is 0 Å². The zero-order valence-electron chi connectivity index (χ0n) is 7.14. The first-order chi connectivity index (χ1) is 6.75. The summed E-state index contributed by atoms with van der Waals surface area (Å²) >= 11 is 3.09. The molecule has 0 amide bonds. The molecule has 0 aliphatic heterocycles. The number of nitrogens with zero attached hydrogens (tertiary/aromatic N) is 2. The molecule has 0 bridgehead atoms. The predicted octanol–water partition coefficient (Wildman–Crippen LogP) is 2.13. The van der Waals surface area contributed by atoms with Crippen molar-refractivity contribution in [1.29, 1.82) is 0 Å². The molecule has 0 radical (unpaired) electrons. The molecule has 1 N–H and O–H groups in total. The Morgan fingerprint density at radius 3 is 2.79 bits per heavy atom. The summed E-state index contributed by atoms with van der Waals surface area (Å²) < 4.78 is 5.32. The van der Waals surface area contributed by atoms with E-state index >= 15 is 0 Å². The van der Waals surface area contributed by atoms with Crippen LogP contribution in [0.15, 0.2) is 33.5 Å². The van der Waals surface area contributed by atoms with Gasteiger partial charge in [-0.15, -0.1) is 0 Å². The Kier molecular flexibility index (Phi) is 2.49. The SMILES string of the molecule is Oc1ccccc1Cc1nc(Br)no1. The lowest BCUT2D eigenvalue weighted by Crippen LogP contribution is -1.88. The third kappa shape index (κ3) is 1.93. The molecule has 2 aromatic rings. The number of hydrogen-bond donors (Lipinski definition) is 1. The molecule has 5 heteroatoms. The van der Waals surface area contributed by atoms with Gasteiger partial charge in [-0.25, -0.2) is 0 Å². The highest BCUT2D eigenvalue weighted by Gasteiger charge is 2.07. The van der Waals surface area contributed by atoms with E-state index in [9.17, 15) is 5.11 Å². The normalized spacial score (nSPS) is 10.4. The average Bonchev–Trinajstić information content (AvgIpc) is 2.56. The molecule has 0 saturated carbocycles. The van der Waals surface area contributed by atoms with E-state index in [0.717, 1.165) is 5.56 Å². The fourth-order valence-corrected chi connectivity index (χ4v) is 1.40. The second kappa shape index (κ2) is 3.79. The second-order valence-corrected chi connectivity index (χ2v) is 3.47. The molecule has 2 rings (SSSR count). The summed E-state index contributed by atoms with van der Waals surface area (Å²) in [5.74, 6) is 0.709. The van der Waals surface area contributed by atoms with Crippen LogP contribution >= 0.6 is 15.9 Å². The Morgan fingerprint density at radius 1 is 1.36 bits per heavy atom. The highest BCUT2D eigenvalue weighted by Crippen LogP contribution is 2.19. The fourth-order valence-electron chi connectivity index (χ4n) is 1.13. The van der Waals surface area contributed by atoms with Crippen LogP contribution in [0, 0.1) is 0 Å². The van der Waals surface area contributed by atoms with Gasteiger partial charge < -0.3 is 9.63 Å². The van der Waals surface area contributed by atoms with Gasteiger partial charge in [0.1, 0.15) is 5.75 Å². The Hall–Kier alpha value is -1.36. The summed E-state index contributed by atoms with van der Waals surface area (Å²) in [5.41, 5.74) is 0.767. The highest BCUT2D eigenvalue weighted by atomic mass is 79.9. The molecule has 4 nitrogen and oxygen atoms in total. The fraction of sp³-hybridized carbons (Fsp3) is 0.111. The van der Waals surface area contributed by atoms with Crippen molar-refractivity contribution in [3.63, 3.8) is 0 Å². The predicted molar refractivity (Wildman–Crippen MR) is 52.9 cm³/mol. The molecular weight excluding hydrogens is 248 g/mol. The van der Waals surface area contributed by atoms with Crippen molar-refractivity contribution < 1.29 is 9.63 Å². The summed E-state index contributed by atoms with van der Waals surface area (Å²) in [6.45, 7) is 0. The zero-order valence-corrected chi connectivity index (χ0v) is 8.73. The zero-order chi connectivity index (χ0) is 9.97. The number of aromatic nitrogens is 2. The van der Waals surface area contributed by atoms with Crippen molar-refractivity contribution in [3.05, 3.63) is 40.5 Å². The van der Waals surface area contributed by atoms with Crippen molar-refractivity contribution in [2.45, 2.75) is 6.42 Å². The van der Waals surface area contributed by atoms with Crippen LogP contribution in [-0.4, -0.2) is 15.2 Å². The van der Waals surface area contributed by atoms with Crippen LogP contribution in [0.3, 0.4) is 0 Å². The monoisotopic (exact) mass is 254 g/mol. The molecule has 0 aliphatic carbocycles.